The fourth-order valence-corrected chi connectivity index (χ4v) is 3.22. The van der Waals surface area contributed by atoms with Gasteiger partial charge in [-0.15, -0.1) is 0 Å². The zero-order valence-electron chi connectivity index (χ0n) is 13.6. The van der Waals surface area contributed by atoms with E-state index in [1.807, 2.05) is 28.9 Å². The average Bonchev–Trinajstić information content (AvgIpc) is 3.24. The van der Waals surface area contributed by atoms with Crippen LogP contribution in [0.5, 0.6) is 0 Å². The van der Waals surface area contributed by atoms with Crippen molar-refractivity contribution in [2.45, 2.75) is 45.1 Å². The number of aryl methyl sites for hydroxylation is 1. The summed E-state index contributed by atoms with van der Waals surface area (Å²) in [5, 5.41) is 10.6. The van der Waals surface area contributed by atoms with E-state index in [0.717, 1.165) is 30.8 Å². The van der Waals surface area contributed by atoms with E-state index < -0.39 is 0 Å². The predicted octanol–water partition coefficient (Wildman–Crippen LogP) is 3.61. The molecule has 1 amide bonds. The molecule has 1 aliphatic carbocycles. The van der Waals surface area contributed by atoms with Crippen molar-refractivity contribution < 1.29 is 4.79 Å². The minimum absolute atomic E-state index is 0.0457. The molecule has 1 aromatic heterocycles. The predicted molar refractivity (Wildman–Crippen MR) is 92.7 cm³/mol. The lowest BCUT2D eigenvalue weighted by atomic mass is 10.1. The van der Waals surface area contributed by atoms with E-state index in [1.54, 1.807) is 6.20 Å². The largest absolute Gasteiger partial charge is 0.376 e. The maximum absolute atomic E-state index is 12.2. The highest BCUT2D eigenvalue weighted by Gasteiger charge is 2.20. The molecule has 5 heteroatoms. The van der Waals surface area contributed by atoms with E-state index in [2.05, 4.69) is 28.7 Å². The van der Waals surface area contributed by atoms with Crippen LogP contribution in [0.15, 0.2) is 36.5 Å². The Kier molecular flexibility index (Phi) is 4.95. The molecule has 1 fully saturated rings. The highest BCUT2D eigenvalue weighted by molar-refractivity contribution is 5.93. The van der Waals surface area contributed by atoms with E-state index in [1.165, 1.54) is 18.4 Å². The summed E-state index contributed by atoms with van der Waals surface area (Å²) in [7, 11) is 0. The molecule has 23 heavy (non-hydrogen) atoms. The number of para-hydroxylation sites is 1. The maximum Gasteiger partial charge on any atom is 0.244 e. The van der Waals surface area contributed by atoms with Crippen molar-refractivity contribution in [2.75, 3.05) is 17.2 Å². The summed E-state index contributed by atoms with van der Waals surface area (Å²) in [6.45, 7) is 2.37. The highest BCUT2D eigenvalue weighted by Crippen LogP contribution is 2.31. The van der Waals surface area contributed by atoms with Crippen molar-refractivity contribution in [3.05, 3.63) is 42.1 Å². The third-order valence-electron chi connectivity index (χ3n) is 4.45. The van der Waals surface area contributed by atoms with Crippen molar-refractivity contribution >= 4 is 17.4 Å². The van der Waals surface area contributed by atoms with Crippen molar-refractivity contribution in [3.8, 4) is 0 Å². The van der Waals surface area contributed by atoms with Crippen molar-refractivity contribution in [1.29, 1.82) is 0 Å². The van der Waals surface area contributed by atoms with Crippen LogP contribution in [0.25, 0.3) is 0 Å². The summed E-state index contributed by atoms with van der Waals surface area (Å²) >= 11 is 0. The first-order valence-electron chi connectivity index (χ1n) is 8.43. The number of carbonyl (C=O) groups excluding carboxylic acids is 1. The molecule has 0 radical (unpaired) electrons. The summed E-state index contributed by atoms with van der Waals surface area (Å²) in [5.41, 5.74) is 2.24. The van der Waals surface area contributed by atoms with Crippen LogP contribution in [-0.4, -0.2) is 22.2 Å². The lowest BCUT2D eigenvalue weighted by Gasteiger charge is -2.15. The first kappa shape index (κ1) is 15.6. The van der Waals surface area contributed by atoms with E-state index in [0.29, 0.717) is 6.04 Å². The number of hydrogen-bond acceptors (Lipinski definition) is 3. The molecule has 0 spiro atoms. The number of nitrogens with one attached hydrogen (secondary N) is 2. The minimum Gasteiger partial charge on any atom is -0.376 e. The van der Waals surface area contributed by atoms with Crippen LogP contribution in [0.3, 0.4) is 0 Å². The van der Waals surface area contributed by atoms with E-state index >= 15 is 0 Å². The standard InChI is InChI=1S/C18H24N4O/c1-2-14-7-3-6-10-16(14)19-13-18(23)21-17-11-12-20-22(17)15-8-4-5-9-15/h3,6-7,10-12,15,19H,2,4-5,8-9,13H2,1H3,(H,21,23). The van der Waals surface area contributed by atoms with Crippen LogP contribution in [-0.2, 0) is 11.2 Å². The second-order valence-corrected chi connectivity index (χ2v) is 6.01. The van der Waals surface area contributed by atoms with Gasteiger partial charge in [0.2, 0.25) is 5.91 Å². The van der Waals surface area contributed by atoms with Gasteiger partial charge in [0, 0.05) is 11.8 Å². The Morgan fingerprint density at radius 2 is 2.04 bits per heavy atom. The van der Waals surface area contributed by atoms with Gasteiger partial charge >= 0.3 is 0 Å². The fraction of sp³-hybridized carbons (Fsp3) is 0.444. The molecule has 0 aliphatic heterocycles. The van der Waals surface area contributed by atoms with E-state index in [4.69, 9.17) is 0 Å². The number of nitrogens with zero attached hydrogens (tertiary/aromatic N) is 2. The van der Waals surface area contributed by atoms with Gasteiger partial charge in [0.1, 0.15) is 5.82 Å². The molecular weight excluding hydrogens is 288 g/mol. The van der Waals surface area contributed by atoms with Gasteiger partial charge in [-0.3, -0.25) is 4.79 Å². The third-order valence-corrected chi connectivity index (χ3v) is 4.45. The molecule has 1 saturated carbocycles. The number of anilines is 2. The van der Waals surface area contributed by atoms with Gasteiger partial charge in [0.15, 0.2) is 0 Å². The average molecular weight is 312 g/mol. The SMILES string of the molecule is CCc1ccccc1NCC(=O)Nc1ccnn1C1CCCC1. The molecule has 1 aliphatic rings. The number of amides is 1. The first-order chi connectivity index (χ1) is 11.3. The Balaban J connectivity index is 1.58. The van der Waals surface area contributed by atoms with E-state index in [9.17, 15) is 4.79 Å². The summed E-state index contributed by atoms with van der Waals surface area (Å²) in [5.74, 6) is 0.753. The second kappa shape index (κ2) is 7.31. The van der Waals surface area contributed by atoms with Crippen LogP contribution in [0.2, 0.25) is 0 Å². The fourth-order valence-electron chi connectivity index (χ4n) is 3.22. The second-order valence-electron chi connectivity index (χ2n) is 6.01. The van der Waals surface area contributed by atoms with Gasteiger partial charge in [0.05, 0.1) is 18.8 Å². The normalized spacial score (nSPS) is 14.8. The van der Waals surface area contributed by atoms with Crippen molar-refractivity contribution in [3.63, 3.8) is 0 Å². The van der Waals surface area contributed by atoms with Crippen molar-refractivity contribution in [1.82, 2.24) is 9.78 Å². The van der Waals surface area contributed by atoms with E-state index in [-0.39, 0.29) is 12.5 Å². The van der Waals surface area contributed by atoms with Gasteiger partial charge in [-0.05, 0) is 30.9 Å². The van der Waals surface area contributed by atoms with Crippen LogP contribution in [0.1, 0.15) is 44.2 Å². The molecule has 2 N–H and O–H groups in total. The molecule has 1 aromatic carbocycles. The van der Waals surface area contributed by atoms with Crippen LogP contribution in [0, 0.1) is 0 Å². The summed E-state index contributed by atoms with van der Waals surface area (Å²) in [6.07, 6.45) is 7.48. The lowest BCUT2D eigenvalue weighted by molar-refractivity contribution is -0.114. The Morgan fingerprint density at radius 3 is 2.83 bits per heavy atom. The summed E-state index contributed by atoms with van der Waals surface area (Å²) in [6, 6.07) is 10.4. The molecular formula is C18H24N4O. The molecule has 0 bridgehead atoms. The Labute approximate surface area is 137 Å². The quantitative estimate of drug-likeness (QED) is 0.856. The number of rotatable bonds is 6. The Morgan fingerprint density at radius 1 is 1.26 bits per heavy atom. The number of carbonyl (C=O) groups is 1. The van der Waals surface area contributed by atoms with Gasteiger partial charge in [0.25, 0.3) is 0 Å². The molecule has 3 rings (SSSR count). The number of aromatic nitrogens is 2. The molecule has 0 unspecified atom stereocenters. The van der Waals surface area contributed by atoms with Gasteiger partial charge in [-0.2, -0.15) is 5.10 Å². The topological polar surface area (TPSA) is 59.0 Å². The maximum atomic E-state index is 12.2. The van der Waals surface area contributed by atoms with Crippen molar-refractivity contribution in [2.24, 2.45) is 0 Å². The number of hydrogen-bond donors (Lipinski definition) is 2. The summed E-state index contributed by atoms with van der Waals surface area (Å²) < 4.78 is 1.96. The van der Waals surface area contributed by atoms with Gasteiger partial charge < -0.3 is 10.6 Å². The lowest BCUT2D eigenvalue weighted by Crippen LogP contribution is -2.24. The monoisotopic (exact) mass is 312 g/mol. The van der Waals surface area contributed by atoms with Gasteiger partial charge in [-0.25, -0.2) is 4.68 Å². The smallest absolute Gasteiger partial charge is 0.244 e. The minimum atomic E-state index is -0.0457. The van der Waals surface area contributed by atoms with Crippen LogP contribution >= 0.6 is 0 Å². The molecule has 1 heterocycles. The molecule has 0 saturated heterocycles. The van der Waals surface area contributed by atoms with Crippen LogP contribution in [0.4, 0.5) is 11.5 Å². The third kappa shape index (κ3) is 3.73. The van der Waals surface area contributed by atoms with Gasteiger partial charge in [-0.1, -0.05) is 38.0 Å². The number of benzene rings is 1. The first-order valence-corrected chi connectivity index (χ1v) is 8.43. The Hall–Kier alpha value is -2.30. The molecule has 122 valence electrons. The molecule has 5 nitrogen and oxygen atoms in total. The zero-order valence-corrected chi connectivity index (χ0v) is 13.6. The summed E-state index contributed by atoms with van der Waals surface area (Å²) in [4.78, 5) is 12.2. The Bertz CT molecular complexity index is 659. The highest BCUT2D eigenvalue weighted by atomic mass is 16.2. The molecule has 2 aromatic rings. The zero-order chi connectivity index (χ0) is 16.1. The molecule has 0 atom stereocenters. The van der Waals surface area contributed by atoms with Crippen LogP contribution < -0.4 is 10.6 Å².